The van der Waals surface area contributed by atoms with Crippen molar-refractivity contribution in [3.63, 3.8) is 0 Å². The van der Waals surface area contributed by atoms with E-state index in [4.69, 9.17) is 4.74 Å². The molecule has 1 rings (SSSR count). The van der Waals surface area contributed by atoms with E-state index in [0.717, 1.165) is 13.2 Å². The Hall–Kier alpha value is -1.28. The molecule has 1 aromatic rings. The lowest BCUT2D eigenvalue weighted by Crippen LogP contribution is -2.16. The number of halogens is 4. The number of methoxy groups -OCH3 is 2. The lowest BCUT2D eigenvalue weighted by atomic mass is 10.0. The van der Waals surface area contributed by atoms with Gasteiger partial charge < -0.3 is 14.6 Å². The predicted octanol–water partition coefficient (Wildman–Crippen LogP) is 2.68. The van der Waals surface area contributed by atoms with E-state index in [9.17, 15) is 23.1 Å². The highest BCUT2D eigenvalue weighted by Gasteiger charge is 2.34. The van der Waals surface area contributed by atoms with E-state index in [2.05, 4.69) is 20.7 Å². The fraction of sp³-hybridized carbons (Fsp3) is 0.364. The Labute approximate surface area is 115 Å². The van der Waals surface area contributed by atoms with Gasteiger partial charge in [-0.15, -0.1) is 0 Å². The van der Waals surface area contributed by atoms with Crippen LogP contribution in [0.2, 0.25) is 0 Å². The quantitative estimate of drug-likeness (QED) is 0.858. The number of ether oxygens (including phenoxy) is 2. The van der Waals surface area contributed by atoms with Crippen LogP contribution in [0, 0.1) is 0 Å². The molecule has 106 valence electrons. The molecule has 0 heterocycles. The molecule has 0 aliphatic rings. The number of benzene rings is 1. The van der Waals surface area contributed by atoms with E-state index in [-0.39, 0.29) is 15.8 Å². The van der Waals surface area contributed by atoms with Crippen molar-refractivity contribution >= 4 is 21.9 Å². The molecule has 1 N–H and O–H groups in total. The summed E-state index contributed by atoms with van der Waals surface area (Å²) in [5.41, 5.74) is -1.34. The van der Waals surface area contributed by atoms with Crippen molar-refractivity contribution in [3.8, 4) is 5.75 Å². The second kappa shape index (κ2) is 5.79. The summed E-state index contributed by atoms with van der Waals surface area (Å²) in [7, 11) is 2.22. The molecule has 0 aliphatic heterocycles. The Morgan fingerprint density at radius 2 is 1.95 bits per heavy atom. The number of carbonyl (C=O) groups excluding carboxylic acids is 1. The van der Waals surface area contributed by atoms with Gasteiger partial charge in [0, 0.05) is 5.56 Å². The molecule has 0 aliphatic carbocycles. The number of carbonyl (C=O) groups is 1. The third-order valence-corrected chi connectivity index (χ3v) is 2.91. The second-order valence-electron chi connectivity index (χ2n) is 3.50. The SMILES string of the molecule is COC(=O)C(O)c1cc(C(F)(F)F)cc(Br)c1OC. The van der Waals surface area contributed by atoms with E-state index in [0.29, 0.717) is 6.07 Å². The monoisotopic (exact) mass is 342 g/mol. The molecule has 8 heteroatoms. The van der Waals surface area contributed by atoms with Crippen LogP contribution in [0.5, 0.6) is 5.75 Å². The van der Waals surface area contributed by atoms with Gasteiger partial charge in [0.05, 0.1) is 24.3 Å². The highest BCUT2D eigenvalue weighted by atomic mass is 79.9. The Morgan fingerprint density at radius 3 is 2.37 bits per heavy atom. The molecule has 1 unspecified atom stereocenters. The molecule has 0 aromatic heterocycles. The summed E-state index contributed by atoms with van der Waals surface area (Å²) in [6.45, 7) is 0. The van der Waals surface area contributed by atoms with Crippen LogP contribution in [0.15, 0.2) is 16.6 Å². The van der Waals surface area contributed by atoms with Crippen molar-refractivity contribution in [2.45, 2.75) is 12.3 Å². The van der Waals surface area contributed by atoms with Crippen LogP contribution in [-0.2, 0) is 15.7 Å². The average Bonchev–Trinajstić information content (AvgIpc) is 2.34. The predicted molar refractivity (Wildman–Crippen MR) is 62.7 cm³/mol. The summed E-state index contributed by atoms with van der Waals surface area (Å²) in [5.74, 6) is -1.14. The number of alkyl halides is 3. The molecule has 0 radical (unpaired) electrons. The lowest BCUT2D eigenvalue weighted by Gasteiger charge is -2.17. The molecule has 0 bridgehead atoms. The van der Waals surface area contributed by atoms with Crippen LogP contribution in [0.4, 0.5) is 13.2 Å². The molecule has 1 atom stereocenters. The first-order valence-corrected chi connectivity index (χ1v) is 5.72. The molecule has 0 fully saturated rings. The zero-order chi connectivity index (χ0) is 14.8. The second-order valence-corrected chi connectivity index (χ2v) is 4.36. The zero-order valence-electron chi connectivity index (χ0n) is 9.92. The molecular formula is C11H10BrF3O4. The number of hydrogen-bond acceptors (Lipinski definition) is 4. The Morgan fingerprint density at radius 1 is 1.37 bits per heavy atom. The van der Waals surface area contributed by atoms with Crippen LogP contribution in [-0.4, -0.2) is 25.3 Å². The average molecular weight is 343 g/mol. The molecule has 0 saturated carbocycles. The third-order valence-electron chi connectivity index (χ3n) is 2.32. The van der Waals surface area contributed by atoms with Crippen molar-refractivity contribution in [3.05, 3.63) is 27.7 Å². The van der Waals surface area contributed by atoms with Gasteiger partial charge in [-0.2, -0.15) is 13.2 Å². The summed E-state index contributed by atoms with van der Waals surface area (Å²) < 4.78 is 47.2. The lowest BCUT2D eigenvalue weighted by molar-refractivity contribution is -0.151. The van der Waals surface area contributed by atoms with Gasteiger partial charge in [0.15, 0.2) is 6.10 Å². The minimum Gasteiger partial charge on any atom is -0.495 e. The van der Waals surface area contributed by atoms with E-state index in [1.165, 1.54) is 7.11 Å². The standard InChI is InChI=1S/C11H10BrF3O4/c1-18-9-6(8(16)10(17)19-2)3-5(4-7(9)12)11(13,14)15/h3-4,8,16H,1-2H3. The van der Waals surface area contributed by atoms with Crippen molar-refractivity contribution in [2.24, 2.45) is 0 Å². The van der Waals surface area contributed by atoms with E-state index < -0.39 is 23.8 Å². The summed E-state index contributed by atoms with van der Waals surface area (Å²) in [6.07, 6.45) is -6.47. The van der Waals surface area contributed by atoms with Crippen LogP contribution in [0.1, 0.15) is 17.2 Å². The summed E-state index contributed by atoms with van der Waals surface area (Å²) in [5, 5.41) is 9.67. The maximum absolute atomic E-state index is 12.7. The summed E-state index contributed by atoms with van der Waals surface area (Å²) in [4.78, 5) is 11.2. The van der Waals surface area contributed by atoms with E-state index in [1.807, 2.05) is 0 Å². The Kier molecular flexibility index (Phi) is 4.81. The van der Waals surface area contributed by atoms with Gasteiger partial charge in [-0.05, 0) is 28.1 Å². The summed E-state index contributed by atoms with van der Waals surface area (Å²) in [6, 6.07) is 1.44. The van der Waals surface area contributed by atoms with Crippen LogP contribution < -0.4 is 4.74 Å². The first-order chi connectivity index (χ1) is 8.72. The van der Waals surface area contributed by atoms with Crippen molar-refractivity contribution in [1.82, 2.24) is 0 Å². The van der Waals surface area contributed by atoms with Crippen molar-refractivity contribution in [1.29, 1.82) is 0 Å². The largest absolute Gasteiger partial charge is 0.495 e. The molecule has 19 heavy (non-hydrogen) atoms. The van der Waals surface area contributed by atoms with Gasteiger partial charge in [-0.1, -0.05) is 0 Å². The molecule has 0 amide bonds. The van der Waals surface area contributed by atoms with Gasteiger partial charge in [0.25, 0.3) is 0 Å². The fourth-order valence-electron chi connectivity index (χ4n) is 1.44. The summed E-state index contributed by atoms with van der Waals surface area (Å²) >= 11 is 2.90. The number of rotatable bonds is 3. The third kappa shape index (κ3) is 3.38. The minimum atomic E-state index is -4.61. The van der Waals surface area contributed by atoms with Crippen LogP contribution >= 0.6 is 15.9 Å². The van der Waals surface area contributed by atoms with E-state index >= 15 is 0 Å². The highest BCUT2D eigenvalue weighted by molar-refractivity contribution is 9.10. The Balaban J connectivity index is 3.43. The van der Waals surface area contributed by atoms with Crippen LogP contribution in [0.25, 0.3) is 0 Å². The minimum absolute atomic E-state index is 0.0252. The topological polar surface area (TPSA) is 55.8 Å². The van der Waals surface area contributed by atoms with Gasteiger partial charge in [-0.25, -0.2) is 4.79 Å². The van der Waals surface area contributed by atoms with Crippen LogP contribution in [0.3, 0.4) is 0 Å². The van der Waals surface area contributed by atoms with E-state index in [1.54, 1.807) is 0 Å². The highest BCUT2D eigenvalue weighted by Crippen LogP contribution is 2.40. The van der Waals surface area contributed by atoms with Gasteiger partial charge in [0.2, 0.25) is 0 Å². The number of hydrogen-bond donors (Lipinski definition) is 1. The molecule has 0 saturated heterocycles. The maximum atomic E-state index is 12.7. The fourth-order valence-corrected chi connectivity index (χ4v) is 2.07. The smallest absolute Gasteiger partial charge is 0.416 e. The maximum Gasteiger partial charge on any atom is 0.416 e. The number of aliphatic hydroxyl groups excluding tert-OH is 1. The van der Waals surface area contributed by atoms with Crippen molar-refractivity contribution in [2.75, 3.05) is 14.2 Å². The molecule has 0 spiro atoms. The number of aliphatic hydroxyl groups is 1. The number of esters is 1. The van der Waals surface area contributed by atoms with Gasteiger partial charge in [0.1, 0.15) is 5.75 Å². The molecule has 4 nitrogen and oxygen atoms in total. The van der Waals surface area contributed by atoms with Gasteiger partial charge >= 0.3 is 12.1 Å². The molecule has 1 aromatic carbocycles. The van der Waals surface area contributed by atoms with Gasteiger partial charge in [-0.3, -0.25) is 0 Å². The normalized spacial score (nSPS) is 13.0. The first kappa shape index (κ1) is 15.8. The van der Waals surface area contributed by atoms with Crippen molar-refractivity contribution < 1.29 is 32.5 Å². The first-order valence-electron chi connectivity index (χ1n) is 4.93. The molecular weight excluding hydrogens is 333 g/mol. The Bertz CT molecular complexity index is 488. The zero-order valence-corrected chi connectivity index (χ0v) is 11.5.